The van der Waals surface area contributed by atoms with Gasteiger partial charge in [-0.3, -0.25) is 4.79 Å². The minimum atomic E-state index is -3.48. The lowest BCUT2D eigenvalue weighted by molar-refractivity contribution is -0.143. The van der Waals surface area contributed by atoms with E-state index in [1.54, 1.807) is 4.31 Å². The van der Waals surface area contributed by atoms with Crippen molar-refractivity contribution in [1.29, 1.82) is 0 Å². The summed E-state index contributed by atoms with van der Waals surface area (Å²) >= 11 is 0. The summed E-state index contributed by atoms with van der Waals surface area (Å²) in [5.41, 5.74) is 0. The first-order valence-electron chi connectivity index (χ1n) is 7.71. The lowest BCUT2D eigenvalue weighted by Gasteiger charge is -2.41. The van der Waals surface area contributed by atoms with Crippen molar-refractivity contribution < 1.29 is 18.3 Å². The second-order valence-corrected chi connectivity index (χ2v) is 8.67. The average Bonchev–Trinajstić information content (AvgIpc) is 2.36. The Morgan fingerprint density at radius 1 is 1.10 bits per heavy atom. The Balaban J connectivity index is 2.11. The van der Waals surface area contributed by atoms with Crippen LogP contribution in [0, 0.1) is 17.8 Å². The molecule has 2 aliphatic rings. The number of hydrogen-bond donors (Lipinski definition) is 1. The Bertz CT molecular complexity index is 483. The summed E-state index contributed by atoms with van der Waals surface area (Å²) in [5, 5.41) is 9.08. The number of nitrogens with zero attached hydrogens (tertiary/aromatic N) is 2. The third kappa shape index (κ3) is 3.57. The van der Waals surface area contributed by atoms with Crippen LogP contribution < -0.4 is 0 Å². The molecule has 2 fully saturated rings. The molecule has 4 unspecified atom stereocenters. The second-order valence-electron chi connectivity index (χ2n) is 6.79. The lowest BCUT2D eigenvalue weighted by atomic mass is 9.93. The summed E-state index contributed by atoms with van der Waals surface area (Å²) in [5.74, 6) is -0.504. The zero-order valence-corrected chi connectivity index (χ0v) is 13.8. The maximum Gasteiger partial charge on any atom is 0.306 e. The molecule has 0 saturated carbocycles. The highest BCUT2D eigenvalue weighted by Gasteiger charge is 2.40. The van der Waals surface area contributed by atoms with E-state index < -0.39 is 22.1 Å². The third-order valence-electron chi connectivity index (χ3n) is 4.62. The molecule has 2 heterocycles. The SMILES string of the molecule is CC1CC(C)CN(S(=O)(=O)N2CCC(C(=O)O)CC2C)C1. The molecule has 0 spiro atoms. The molecule has 122 valence electrons. The summed E-state index contributed by atoms with van der Waals surface area (Å²) < 4.78 is 28.7. The van der Waals surface area contributed by atoms with Gasteiger partial charge in [0.05, 0.1) is 5.92 Å². The minimum absolute atomic E-state index is 0.252. The zero-order chi connectivity index (χ0) is 15.8. The van der Waals surface area contributed by atoms with Crippen molar-refractivity contribution in [3.05, 3.63) is 0 Å². The molecule has 0 radical (unpaired) electrons. The van der Waals surface area contributed by atoms with E-state index in [0.717, 1.165) is 6.42 Å². The van der Waals surface area contributed by atoms with Crippen LogP contribution in [0.1, 0.15) is 40.0 Å². The van der Waals surface area contributed by atoms with Gasteiger partial charge in [-0.2, -0.15) is 17.0 Å². The fourth-order valence-electron chi connectivity index (χ4n) is 3.66. The first kappa shape index (κ1) is 16.7. The number of rotatable bonds is 3. The first-order valence-corrected chi connectivity index (χ1v) is 9.11. The summed E-state index contributed by atoms with van der Waals surface area (Å²) in [6.07, 6.45) is 1.86. The van der Waals surface area contributed by atoms with Gasteiger partial charge in [0.25, 0.3) is 10.2 Å². The molecule has 1 N–H and O–H groups in total. The van der Waals surface area contributed by atoms with Crippen LogP contribution >= 0.6 is 0 Å². The van der Waals surface area contributed by atoms with Gasteiger partial charge in [-0.25, -0.2) is 0 Å². The Morgan fingerprint density at radius 3 is 2.14 bits per heavy atom. The van der Waals surface area contributed by atoms with Crippen LogP contribution in [-0.4, -0.2) is 53.8 Å². The Kier molecular flexibility index (Phi) is 4.95. The van der Waals surface area contributed by atoms with Gasteiger partial charge in [0.2, 0.25) is 0 Å². The van der Waals surface area contributed by atoms with E-state index in [1.807, 2.05) is 6.92 Å². The molecule has 2 saturated heterocycles. The van der Waals surface area contributed by atoms with Crippen LogP contribution in [0.5, 0.6) is 0 Å². The van der Waals surface area contributed by atoms with E-state index in [1.165, 1.54) is 4.31 Å². The molecule has 4 atom stereocenters. The van der Waals surface area contributed by atoms with Crippen LogP contribution in [0.15, 0.2) is 0 Å². The summed E-state index contributed by atoms with van der Waals surface area (Å²) in [4.78, 5) is 11.1. The fraction of sp³-hybridized carbons (Fsp3) is 0.929. The minimum Gasteiger partial charge on any atom is -0.481 e. The maximum absolute atomic E-state index is 12.8. The molecule has 21 heavy (non-hydrogen) atoms. The Hall–Kier alpha value is -0.660. The predicted octanol–water partition coefficient (Wildman–Crippen LogP) is 1.39. The fourth-order valence-corrected chi connectivity index (χ4v) is 5.72. The molecular weight excluding hydrogens is 292 g/mol. The van der Waals surface area contributed by atoms with Crippen LogP contribution in [-0.2, 0) is 15.0 Å². The second kappa shape index (κ2) is 6.22. The number of hydrogen-bond acceptors (Lipinski definition) is 3. The van der Waals surface area contributed by atoms with Gasteiger partial charge in [-0.15, -0.1) is 0 Å². The van der Waals surface area contributed by atoms with E-state index in [4.69, 9.17) is 5.11 Å². The average molecular weight is 318 g/mol. The van der Waals surface area contributed by atoms with Crippen LogP contribution in [0.2, 0.25) is 0 Å². The number of aliphatic carboxylic acids is 1. The molecule has 6 nitrogen and oxygen atoms in total. The molecule has 2 rings (SSSR count). The van der Waals surface area contributed by atoms with E-state index in [-0.39, 0.29) is 6.04 Å². The third-order valence-corrected chi connectivity index (χ3v) is 6.71. The van der Waals surface area contributed by atoms with E-state index in [0.29, 0.717) is 44.3 Å². The Labute approximate surface area is 127 Å². The van der Waals surface area contributed by atoms with Gasteiger partial charge in [0.15, 0.2) is 0 Å². The van der Waals surface area contributed by atoms with Crippen molar-refractivity contribution >= 4 is 16.2 Å². The molecular formula is C14H26N2O4S. The van der Waals surface area contributed by atoms with Gasteiger partial charge in [0, 0.05) is 25.7 Å². The zero-order valence-electron chi connectivity index (χ0n) is 13.0. The van der Waals surface area contributed by atoms with Crippen molar-refractivity contribution in [3.8, 4) is 0 Å². The molecule has 7 heteroatoms. The summed E-state index contributed by atoms with van der Waals surface area (Å²) in [6.45, 7) is 7.41. The highest BCUT2D eigenvalue weighted by Crippen LogP contribution is 2.30. The topological polar surface area (TPSA) is 77.9 Å². The molecule has 0 aromatic rings. The van der Waals surface area contributed by atoms with Crippen LogP contribution in [0.25, 0.3) is 0 Å². The normalized spacial score (nSPS) is 36.5. The predicted molar refractivity (Wildman–Crippen MR) is 80.0 cm³/mol. The molecule has 0 bridgehead atoms. The van der Waals surface area contributed by atoms with Crippen molar-refractivity contribution in [3.63, 3.8) is 0 Å². The van der Waals surface area contributed by atoms with Gasteiger partial charge in [-0.1, -0.05) is 13.8 Å². The molecule has 0 amide bonds. The summed E-state index contributed by atoms with van der Waals surface area (Å²) in [7, 11) is -3.48. The monoisotopic (exact) mass is 318 g/mol. The van der Waals surface area contributed by atoms with Crippen molar-refractivity contribution in [1.82, 2.24) is 8.61 Å². The van der Waals surface area contributed by atoms with Gasteiger partial charge in [0.1, 0.15) is 0 Å². The van der Waals surface area contributed by atoms with E-state index in [2.05, 4.69) is 13.8 Å². The van der Waals surface area contributed by atoms with Gasteiger partial charge in [-0.05, 0) is 38.0 Å². The lowest BCUT2D eigenvalue weighted by Crippen LogP contribution is -2.54. The number of piperidine rings is 2. The first-order chi connectivity index (χ1) is 9.71. The molecule has 0 aromatic carbocycles. The number of carboxylic acids is 1. The smallest absolute Gasteiger partial charge is 0.306 e. The largest absolute Gasteiger partial charge is 0.481 e. The molecule has 0 aromatic heterocycles. The molecule has 2 aliphatic heterocycles. The highest BCUT2D eigenvalue weighted by atomic mass is 32.2. The van der Waals surface area contributed by atoms with E-state index in [9.17, 15) is 13.2 Å². The number of carboxylic acid groups (broad SMARTS) is 1. The van der Waals surface area contributed by atoms with Crippen LogP contribution in [0.3, 0.4) is 0 Å². The van der Waals surface area contributed by atoms with Crippen molar-refractivity contribution in [2.45, 2.75) is 46.1 Å². The highest BCUT2D eigenvalue weighted by molar-refractivity contribution is 7.86. The van der Waals surface area contributed by atoms with Gasteiger partial charge < -0.3 is 5.11 Å². The Morgan fingerprint density at radius 2 is 1.67 bits per heavy atom. The standard InChI is InChI=1S/C14H26N2O4S/c1-10-6-11(2)9-15(8-10)21(19,20)16-5-4-13(14(17)18)7-12(16)3/h10-13H,4-9H2,1-3H3,(H,17,18). The van der Waals surface area contributed by atoms with E-state index >= 15 is 0 Å². The quantitative estimate of drug-likeness (QED) is 0.853. The van der Waals surface area contributed by atoms with Crippen molar-refractivity contribution in [2.24, 2.45) is 17.8 Å². The molecule has 0 aliphatic carbocycles. The maximum atomic E-state index is 12.8. The van der Waals surface area contributed by atoms with Gasteiger partial charge >= 0.3 is 5.97 Å². The van der Waals surface area contributed by atoms with Crippen LogP contribution in [0.4, 0.5) is 0 Å². The summed E-state index contributed by atoms with van der Waals surface area (Å²) in [6, 6.07) is -0.252. The van der Waals surface area contributed by atoms with Crippen molar-refractivity contribution in [2.75, 3.05) is 19.6 Å². The number of carbonyl (C=O) groups is 1.